The number of allylic oxidation sites excluding steroid dienone is 4. The topological polar surface area (TPSA) is 72.2 Å². The van der Waals surface area contributed by atoms with Gasteiger partial charge >= 0.3 is 0 Å². The van der Waals surface area contributed by atoms with Gasteiger partial charge in [0.25, 0.3) is 0 Å². The Kier molecular flexibility index (Phi) is 38.9. The van der Waals surface area contributed by atoms with Gasteiger partial charge in [0.2, 0.25) is 11.8 Å². The van der Waals surface area contributed by atoms with Gasteiger partial charge in [-0.2, -0.15) is 0 Å². The molecule has 2 amide bonds. The van der Waals surface area contributed by atoms with Gasteiger partial charge in [-0.25, -0.2) is 0 Å². The molecule has 2 unspecified atom stereocenters. The van der Waals surface area contributed by atoms with Crippen molar-refractivity contribution in [3.63, 3.8) is 0 Å². The van der Waals surface area contributed by atoms with E-state index in [0.29, 0.717) is 6.42 Å². The Morgan fingerprint density at radius 2 is 0.760 bits per heavy atom. The second-order valence-electron chi connectivity index (χ2n) is 15.5. The van der Waals surface area contributed by atoms with Crippen molar-refractivity contribution in [3.8, 4) is 0 Å². The van der Waals surface area contributed by atoms with Crippen molar-refractivity contribution in [1.82, 2.24) is 5.32 Å². The minimum absolute atomic E-state index is 0.0677. The Hall–Kier alpha value is -1.58. The number of nitrogens with two attached hydrogens (primary N) is 1. The van der Waals surface area contributed by atoms with Crippen molar-refractivity contribution in [3.05, 3.63) is 24.3 Å². The largest absolute Gasteiger partial charge is 0.369 e. The average Bonchev–Trinajstić information content (AvgIpc) is 3.10. The summed E-state index contributed by atoms with van der Waals surface area (Å²) in [6.45, 7) is 6.50. The number of amides is 2. The summed E-state index contributed by atoms with van der Waals surface area (Å²) in [4.78, 5) is 24.7. The lowest BCUT2D eigenvalue weighted by atomic mass is 9.93. The molecule has 0 rings (SSSR count). The van der Waals surface area contributed by atoms with E-state index in [9.17, 15) is 9.59 Å². The lowest BCUT2D eigenvalue weighted by molar-refractivity contribution is -0.125. The Bertz CT molecular complexity index is 776. The highest BCUT2D eigenvalue weighted by atomic mass is 16.2. The van der Waals surface area contributed by atoms with Crippen molar-refractivity contribution in [2.75, 3.05) is 0 Å². The number of carbonyl (C=O) groups is 2. The van der Waals surface area contributed by atoms with Crippen molar-refractivity contribution in [2.45, 2.75) is 252 Å². The minimum atomic E-state index is -0.279. The number of rotatable bonds is 40. The standard InChI is InChI=1S/C46H88N2O2/c1-4-6-8-10-12-14-16-18-20-22-24-26-28-30-32-34-36-38-40-42-45(49)48-43(3)44(46(47)50)41-39-37-35-33-31-29-27-25-23-21-19-17-15-13-11-9-7-5-2/h18-21,43-44H,4-17,22-42H2,1-3H3,(H2,47,50)(H,48,49). The Labute approximate surface area is 313 Å². The maximum atomic E-state index is 12.5. The molecule has 4 heteroatoms. The van der Waals surface area contributed by atoms with Crippen LogP contribution in [0.15, 0.2) is 24.3 Å². The van der Waals surface area contributed by atoms with Crippen LogP contribution in [0, 0.1) is 5.92 Å². The molecule has 294 valence electrons. The van der Waals surface area contributed by atoms with E-state index in [4.69, 9.17) is 5.73 Å². The number of primary amides is 1. The predicted molar refractivity (Wildman–Crippen MR) is 222 cm³/mol. The summed E-state index contributed by atoms with van der Waals surface area (Å²) >= 11 is 0. The van der Waals surface area contributed by atoms with E-state index in [1.807, 2.05) is 6.92 Å². The molecule has 0 aliphatic rings. The fourth-order valence-corrected chi connectivity index (χ4v) is 7.09. The number of hydrogen-bond acceptors (Lipinski definition) is 2. The molecule has 0 aromatic heterocycles. The highest BCUT2D eigenvalue weighted by molar-refractivity contribution is 5.80. The van der Waals surface area contributed by atoms with Crippen molar-refractivity contribution in [2.24, 2.45) is 11.7 Å². The Morgan fingerprint density at radius 3 is 1.10 bits per heavy atom. The molecule has 0 spiro atoms. The number of nitrogens with one attached hydrogen (secondary N) is 1. The quantitative estimate of drug-likeness (QED) is 0.0493. The third-order valence-corrected chi connectivity index (χ3v) is 10.6. The van der Waals surface area contributed by atoms with Gasteiger partial charge in [0.1, 0.15) is 0 Å². The Morgan fingerprint density at radius 1 is 0.460 bits per heavy atom. The number of hydrogen-bond donors (Lipinski definition) is 2. The fraction of sp³-hybridized carbons (Fsp3) is 0.870. The van der Waals surface area contributed by atoms with Gasteiger partial charge in [-0.15, -0.1) is 0 Å². The molecule has 2 atom stereocenters. The van der Waals surface area contributed by atoms with E-state index in [0.717, 1.165) is 32.1 Å². The lowest BCUT2D eigenvalue weighted by Gasteiger charge is -2.22. The van der Waals surface area contributed by atoms with E-state index < -0.39 is 0 Å². The second-order valence-corrected chi connectivity index (χ2v) is 15.5. The number of unbranched alkanes of at least 4 members (excludes halogenated alkanes) is 29. The highest BCUT2D eigenvalue weighted by Crippen LogP contribution is 2.18. The summed E-state index contributed by atoms with van der Waals surface area (Å²) in [6, 6.07) is -0.185. The third kappa shape index (κ3) is 36.2. The van der Waals surface area contributed by atoms with Crippen molar-refractivity contribution >= 4 is 11.8 Å². The molecule has 0 heterocycles. The fourth-order valence-electron chi connectivity index (χ4n) is 7.09. The van der Waals surface area contributed by atoms with Crippen LogP contribution >= 0.6 is 0 Å². The van der Waals surface area contributed by atoms with Crippen LogP contribution in [0.5, 0.6) is 0 Å². The van der Waals surface area contributed by atoms with Crippen LogP contribution in [0.2, 0.25) is 0 Å². The summed E-state index contributed by atoms with van der Waals surface area (Å²) in [5.41, 5.74) is 5.74. The maximum absolute atomic E-state index is 12.5. The monoisotopic (exact) mass is 701 g/mol. The lowest BCUT2D eigenvalue weighted by Crippen LogP contribution is -2.43. The van der Waals surface area contributed by atoms with Crippen molar-refractivity contribution in [1.29, 1.82) is 0 Å². The maximum Gasteiger partial charge on any atom is 0.222 e. The number of carbonyl (C=O) groups excluding carboxylic acids is 2. The highest BCUT2D eigenvalue weighted by Gasteiger charge is 2.23. The van der Waals surface area contributed by atoms with Crippen LogP contribution in [-0.2, 0) is 9.59 Å². The van der Waals surface area contributed by atoms with Crippen molar-refractivity contribution < 1.29 is 9.59 Å². The minimum Gasteiger partial charge on any atom is -0.369 e. The van der Waals surface area contributed by atoms with Gasteiger partial charge in [-0.3, -0.25) is 9.59 Å². The molecule has 3 N–H and O–H groups in total. The predicted octanol–water partition coefficient (Wildman–Crippen LogP) is 14.4. The van der Waals surface area contributed by atoms with E-state index in [2.05, 4.69) is 43.5 Å². The van der Waals surface area contributed by atoms with Crippen LogP contribution in [0.3, 0.4) is 0 Å². The van der Waals surface area contributed by atoms with Gasteiger partial charge in [0, 0.05) is 12.5 Å². The zero-order valence-electron chi connectivity index (χ0n) is 34.1. The van der Waals surface area contributed by atoms with Gasteiger partial charge in [0.05, 0.1) is 5.92 Å². The first-order chi connectivity index (χ1) is 24.5. The normalized spacial score (nSPS) is 13.0. The van der Waals surface area contributed by atoms with E-state index in [-0.39, 0.29) is 23.8 Å². The second kappa shape index (κ2) is 40.2. The SMILES string of the molecule is CCCCCCCCC=CCCCCCCCCCCCC(=O)NC(C)C(CCCCCCCCCCC=CCCCCCCCC)C(N)=O. The van der Waals surface area contributed by atoms with Crippen LogP contribution in [0.25, 0.3) is 0 Å². The molecule has 0 saturated carbocycles. The molecular weight excluding hydrogens is 613 g/mol. The van der Waals surface area contributed by atoms with Gasteiger partial charge in [-0.05, 0) is 71.1 Å². The van der Waals surface area contributed by atoms with E-state index in [1.54, 1.807) is 0 Å². The molecule has 0 saturated heterocycles. The molecule has 0 aromatic carbocycles. The summed E-state index contributed by atoms with van der Waals surface area (Å²) in [6.07, 6.45) is 53.7. The van der Waals surface area contributed by atoms with E-state index in [1.165, 1.54) is 186 Å². The molecule has 4 nitrogen and oxygen atoms in total. The van der Waals surface area contributed by atoms with E-state index >= 15 is 0 Å². The van der Waals surface area contributed by atoms with Crippen LogP contribution in [0.4, 0.5) is 0 Å². The first-order valence-electron chi connectivity index (χ1n) is 22.4. The molecule has 0 radical (unpaired) electrons. The molecule has 50 heavy (non-hydrogen) atoms. The smallest absolute Gasteiger partial charge is 0.222 e. The molecule has 0 aromatic rings. The molecule has 0 fully saturated rings. The van der Waals surface area contributed by atoms with Crippen LogP contribution < -0.4 is 11.1 Å². The van der Waals surface area contributed by atoms with Crippen LogP contribution in [0.1, 0.15) is 245 Å². The van der Waals surface area contributed by atoms with Gasteiger partial charge in [0.15, 0.2) is 0 Å². The summed E-state index contributed by atoms with van der Waals surface area (Å²) in [7, 11) is 0. The molecule has 0 aliphatic heterocycles. The zero-order chi connectivity index (χ0) is 36.6. The summed E-state index contributed by atoms with van der Waals surface area (Å²) < 4.78 is 0. The summed E-state index contributed by atoms with van der Waals surface area (Å²) in [5.74, 6) is -0.481. The van der Waals surface area contributed by atoms with Gasteiger partial charge < -0.3 is 11.1 Å². The van der Waals surface area contributed by atoms with Crippen LogP contribution in [-0.4, -0.2) is 17.9 Å². The zero-order valence-corrected chi connectivity index (χ0v) is 34.1. The summed E-state index contributed by atoms with van der Waals surface area (Å²) in [5, 5.41) is 3.08. The third-order valence-electron chi connectivity index (χ3n) is 10.6. The Balaban J connectivity index is 3.63. The first kappa shape index (κ1) is 48.4. The molecule has 0 aliphatic carbocycles. The van der Waals surface area contributed by atoms with Gasteiger partial charge in [-0.1, -0.05) is 192 Å². The molecule has 0 bridgehead atoms. The first-order valence-corrected chi connectivity index (χ1v) is 22.4. The molecular formula is C46H88N2O2. The average molecular weight is 701 g/mol.